The van der Waals surface area contributed by atoms with Crippen LogP contribution in [0.3, 0.4) is 0 Å². The molecule has 0 radical (unpaired) electrons. The topological polar surface area (TPSA) is 75.9 Å². The highest BCUT2D eigenvalue weighted by Gasteiger charge is 2.23. The highest BCUT2D eigenvalue weighted by atomic mass is 16.1. The van der Waals surface area contributed by atoms with Crippen LogP contribution in [0, 0.1) is 0 Å². The van der Waals surface area contributed by atoms with E-state index in [-0.39, 0.29) is 11.9 Å². The van der Waals surface area contributed by atoms with E-state index in [2.05, 4.69) is 32.2 Å². The fourth-order valence-corrected chi connectivity index (χ4v) is 2.86. The van der Waals surface area contributed by atoms with Crippen molar-refractivity contribution >= 4 is 11.7 Å². The van der Waals surface area contributed by atoms with Crippen molar-refractivity contribution in [2.24, 2.45) is 7.05 Å². The molecule has 23 heavy (non-hydrogen) atoms. The van der Waals surface area contributed by atoms with Crippen LogP contribution in [0.1, 0.15) is 35.8 Å². The molecule has 1 saturated heterocycles. The Hall–Kier alpha value is -2.44. The Morgan fingerprint density at radius 3 is 3.04 bits per heavy atom. The maximum atomic E-state index is 12.3. The maximum absolute atomic E-state index is 12.3. The number of piperidine rings is 1. The second kappa shape index (κ2) is 6.76. The minimum atomic E-state index is -0.0677. The van der Waals surface area contributed by atoms with Gasteiger partial charge in [0.1, 0.15) is 12.1 Å². The minimum absolute atomic E-state index is 0.0677. The lowest BCUT2D eigenvalue weighted by Gasteiger charge is -2.34. The van der Waals surface area contributed by atoms with Crippen molar-refractivity contribution in [3.63, 3.8) is 0 Å². The first-order valence-corrected chi connectivity index (χ1v) is 8.01. The number of hydrogen-bond donors (Lipinski definition) is 1. The highest BCUT2D eigenvalue weighted by molar-refractivity contribution is 5.93. The molecule has 2 aromatic heterocycles. The average molecular weight is 314 g/mol. The molecule has 2 aromatic rings. The molecule has 3 heterocycles. The lowest BCUT2D eigenvalue weighted by atomic mass is 10.1. The van der Waals surface area contributed by atoms with Gasteiger partial charge in [0.05, 0.1) is 11.8 Å². The largest absolute Gasteiger partial charge is 0.354 e. The van der Waals surface area contributed by atoms with E-state index in [1.165, 1.54) is 0 Å². The standard InChI is InChI=1S/C16H22N6O/c1-3-13-7-15(18-11-17-13)22-6-4-5-14(10-22)20-16(23)12-8-19-21(2)9-12/h7-9,11,14H,3-6,10H2,1-2H3,(H,20,23). The van der Waals surface area contributed by atoms with Crippen molar-refractivity contribution in [1.82, 2.24) is 25.1 Å². The van der Waals surface area contributed by atoms with Crippen LogP contribution in [0.2, 0.25) is 0 Å². The van der Waals surface area contributed by atoms with E-state index in [4.69, 9.17) is 0 Å². The molecule has 1 aliphatic rings. The summed E-state index contributed by atoms with van der Waals surface area (Å²) in [5.41, 5.74) is 1.64. The Morgan fingerprint density at radius 1 is 1.43 bits per heavy atom. The Kier molecular flexibility index (Phi) is 4.55. The van der Waals surface area contributed by atoms with E-state index < -0.39 is 0 Å². The zero-order valence-electron chi connectivity index (χ0n) is 13.6. The first-order valence-electron chi connectivity index (χ1n) is 8.01. The molecule has 1 aliphatic heterocycles. The number of nitrogens with one attached hydrogen (secondary N) is 1. The summed E-state index contributed by atoms with van der Waals surface area (Å²) in [4.78, 5) is 23.1. The van der Waals surface area contributed by atoms with E-state index in [0.29, 0.717) is 5.56 Å². The van der Waals surface area contributed by atoms with Gasteiger partial charge in [-0.25, -0.2) is 9.97 Å². The normalized spacial score (nSPS) is 18.0. The van der Waals surface area contributed by atoms with Crippen LogP contribution in [0.5, 0.6) is 0 Å². The molecule has 0 saturated carbocycles. The van der Waals surface area contributed by atoms with Gasteiger partial charge in [-0.3, -0.25) is 9.48 Å². The number of aryl methyl sites for hydroxylation is 2. The van der Waals surface area contributed by atoms with E-state index in [1.54, 1.807) is 30.5 Å². The number of rotatable bonds is 4. The molecule has 1 fully saturated rings. The second-order valence-corrected chi connectivity index (χ2v) is 5.88. The van der Waals surface area contributed by atoms with Crippen molar-refractivity contribution in [2.75, 3.05) is 18.0 Å². The van der Waals surface area contributed by atoms with Crippen LogP contribution in [-0.4, -0.2) is 44.8 Å². The number of carbonyl (C=O) groups excluding carboxylic acids is 1. The van der Waals surface area contributed by atoms with Crippen LogP contribution >= 0.6 is 0 Å². The highest BCUT2D eigenvalue weighted by Crippen LogP contribution is 2.18. The third kappa shape index (κ3) is 3.67. The summed E-state index contributed by atoms with van der Waals surface area (Å²) < 4.78 is 1.63. The monoisotopic (exact) mass is 314 g/mol. The number of hydrogen-bond acceptors (Lipinski definition) is 5. The molecule has 0 aliphatic carbocycles. The van der Waals surface area contributed by atoms with E-state index in [1.807, 2.05) is 6.07 Å². The lowest BCUT2D eigenvalue weighted by molar-refractivity contribution is 0.0933. The molecule has 0 bridgehead atoms. The summed E-state index contributed by atoms with van der Waals surface area (Å²) in [5.74, 6) is 0.874. The third-order valence-electron chi connectivity index (χ3n) is 4.12. The van der Waals surface area contributed by atoms with Crippen molar-refractivity contribution < 1.29 is 4.79 Å². The summed E-state index contributed by atoms with van der Waals surface area (Å²) in [5, 5.41) is 7.14. The van der Waals surface area contributed by atoms with Crippen molar-refractivity contribution in [2.45, 2.75) is 32.2 Å². The minimum Gasteiger partial charge on any atom is -0.354 e. The van der Waals surface area contributed by atoms with Crippen molar-refractivity contribution in [1.29, 1.82) is 0 Å². The summed E-state index contributed by atoms with van der Waals surface area (Å²) in [6.07, 6.45) is 7.84. The smallest absolute Gasteiger partial charge is 0.254 e. The van der Waals surface area contributed by atoms with E-state index in [9.17, 15) is 4.79 Å². The van der Waals surface area contributed by atoms with Crippen LogP contribution in [0.15, 0.2) is 24.8 Å². The van der Waals surface area contributed by atoms with Gasteiger partial charge < -0.3 is 10.2 Å². The molecule has 122 valence electrons. The maximum Gasteiger partial charge on any atom is 0.254 e. The Bertz CT molecular complexity index is 683. The first-order chi connectivity index (χ1) is 11.2. The Labute approximate surface area is 135 Å². The van der Waals surface area contributed by atoms with Gasteiger partial charge in [-0.2, -0.15) is 5.10 Å². The molecular weight excluding hydrogens is 292 g/mol. The fraction of sp³-hybridized carbons (Fsp3) is 0.500. The first kappa shape index (κ1) is 15.5. The average Bonchev–Trinajstić information content (AvgIpc) is 3.02. The van der Waals surface area contributed by atoms with Gasteiger partial charge in [-0.05, 0) is 19.3 Å². The zero-order valence-corrected chi connectivity index (χ0v) is 13.6. The number of aromatic nitrogens is 4. The van der Waals surface area contributed by atoms with Crippen LogP contribution in [0.4, 0.5) is 5.82 Å². The molecule has 7 heteroatoms. The van der Waals surface area contributed by atoms with Gasteiger partial charge in [0.2, 0.25) is 0 Å². The Balaban J connectivity index is 1.64. The molecule has 1 N–H and O–H groups in total. The van der Waals surface area contributed by atoms with Gasteiger partial charge in [0, 0.05) is 44.1 Å². The van der Waals surface area contributed by atoms with Crippen molar-refractivity contribution in [3.05, 3.63) is 36.0 Å². The van der Waals surface area contributed by atoms with Crippen LogP contribution in [0.25, 0.3) is 0 Å². The quantitative estimate of drug-likeness (QED) is 0.917. The molecule has 0 spiro atoms. The summed E-state index contributed by atoms with van der Waals surface area (Å²) in [7, 11) is 1.81. The summed E-state index contributed by atoms with van der Waals surface area (Å²) in [6.45, 7) is 3.81. The lowest BCUT2D eigenvalue weighted by Crippen LogP contribution is -2.48. The third-order valence-corrected chi connectivity index (χ3v) is 4.12. The predicted molar refractivity (Wildman–Crippen MR) is 87.3 cm³/mol. The van der Waals surface area contributed by atoms with Gasteiger partial charge >= 0.3 is 0 Å². The van der Waals surface area contributed by atoms with Gasteiger partial charge in [-0.15, -0.1) is 0 Å². The van der Waals surface area contributed by atoms with Crippen LogP contribution < -0.4 is 10.2 Å². The molecule has 1 atom stereocenters. The van der Waals surface area contributed by atoms with E-state index >= 15 is 0 Å². The second-order valence-electron chi connectivity index (χ2n) is 5.88. The molecular formula is C16H22N6O. The summed E-state index contributed by atoms with van der Waals surface area (Å²) >= 11 is 0. The van der Waals surface area contributed by atoms with Gasteiger partial charge in [0.15, 0.2) is 0 Å². The number of carbonyl (C=O) groups is 1. The molecule has 7 nitrogen and oxygen atoms in total. The van der Waals surface area contributed by atoms with Gasteiger partial charge in [0.25, 0.3) is 5.91 Å². The molecule has 0 aromatic carbocycles. The summed E-state index contributed by atoms with van der Waals surface area (Å²) in [6, 6.07) is 2.15. The molecule has 1 unspecified atom stereocenters. The number of amides is 1. The van der Waals surface area contributed by atoms with Crippen molar-refractivity contribution in [3.8, 4) is 0 Å². The zero-order chi connectivity index (χ0) is 16.2. The number of anilines is 1. The number of nitrogens with zero attached hydrogens (tertiary/aromatic N) is 5. The van der Waals surface area contributed by atoms with E-state index in [0.717, 1.165) is 43.9 Å². The fourth-order valence-electron chi connectivity index (χ4n) is 2.86. The Morgan fingerprint density at radius 2 is 2.30 bits per heavy atom. The van der Waals surface area contributed by atoms with Gasteiger partial charge in [-0.1, -0.05) is 6.92 Å². The molecule has 3 rings (SSSR count). The SMILES string of the molecule is CCc1cc(N2CCCC(NC(=O)c3cnn(C)c3)C2)ncn1. The molecule has 1 amide bonds. The van der Waals surface area contributed by atoms with Crippen LogP contribution in [-0.2, 0) is 13.5 Å². The predicted octanol–water partition coefficient (Wildman–Crippen LogP) is 1.17.